The van der Waals surface area contributed by atoms with Crippen LogP contribution in [0.5, 0.6) is 11.5 Å². The van der Waals surface area contributed by atoms with Gasteiger partial charge in [0.15, 0.2) is 23.1 Å². The molecule has 1 aliphatic rings. The van der Waals surface area contributed by atoms with Crippen LogP contribution in [0.2, 0.25) is 0 Å². The van der Waals surface area contributed by atoms with E-state index in [1.165, 1.54) is 12.1 Å². The molecule has 4 rings (SSSR count). The van der Waals surface area contributed by atoms with Crippen LogP contribution in [0.4, 0.5) is 4.39 Å². The van der Waals surface area contributed by atoms with Crippen LogP contribution in [-0.2, 0) is 6.61 Å². The van der Waals surface area contributed by atoms with E-state index in [-0.39, 0.29) is 29.6 Å². The van der Waals surface area contributed by atoms with Crippen LogP contribution in [0.3, 0.4) is 0 Å². The first-order chi connectivity index (χ1) is 15.0. The Balaban J connectivity index is 1.64. The fourth-order valence-electron chi connectivity index (χ4n) is 3.38. The maximum atomic E-state index is 13.1. The van der Waals surface area contributed by atoms with Crippen molar-refractivity contribution in [1.29, 1.82) is 0 Å². The third kappa shape index (κ3) is 4.39. The van der Waals surface area contributed by atoms with E-state index in [0.29, 0.717) is 34.8 Å². The molecule has 1 aliphatic carbocycles. The Morgan fingerprint density at radius 1 is 0.935 bits per heavy atom. The molecule has 0 N–H and O–H groups in total. The molecule has 0 aliphatic heterocycles. The highest BCUT2D eigenvalue weighted by Gasteiger charge is 2.32. The van der Waals surface area contributed by atoms with Gasteiger partial charge < -0.3 is 9.47 Å². The molecule has 0 fully saturated rings. The number of carbonyl (C=O) groups excluding carboxylic acids is 2. The molecule has 0 bridgehead atoms. The maximum absolute atomic E-state index is 13.1. The number of ketones is 2. The van der Waals surface area contributed by atoms with E-state index in [2.05, 4.69) is 22.6 Å². The number of Topliss-reactive ketones (excluding diaryl/α,β-unsaturated/α-hetero) is 2. The zero-order valence-electron chi connectivity index (χ0n) is 16.7. The highest BCUT2D eigenvalue weighted by atomic mass is 127. The summed E-state index contributed by atoms with van der Waals surface area (Å²) in [4.78, 5) is 25.4. The van der Waals surface area contributed by atoms with Crippen LogP contribution in [0.15, 0.2) is 66.2 Å². The normalized spacial score (nSPS) is 12.7. The SMILES string of the molecule is CCOc1cc(C=C2C(=O)c3ccccc3C2=O)cc(I)c1OCc1ccc(F)cc1. The molecule has 0 radical (unpaired) electrons. The average molecular weight is 528 g/mol. The van der Waals surface area contributed by atoms with Gasteiger partial charge in [-0.15, -0.1) is 0 Å². The van der Waals surface area contributed by atoms with Gasteiger partial charge in [0, 0.05) is 11.1 Å². The molecule has 0 saturated heterocycles. The van der Waals surface area contributed by atoms with Crippen LogP contribution < -0.4 is 9.47 Å². The lowest BCUT2D eigenvalue weighted by atomic mass is 10.1. The van der Waals surface area contributed by atoms with E-state index >= 15 is 0 Å². The molecule has 0 aromatic heterocycles. The fraction of sp³-hybridized carbons (Fsp3) is 0.120. The largest absolute Gasteiger partial charge is 0.490 e. The number of rotatable bonds is 6. The molecule has 3 aromatic rings. The first-order valence-electron chi connectivity index (χ1n) is 9.71. The fourth-order valence-corrected chi connectivity index (χ4v) is 4.16. The molecule has 31 heavy (non-hydrogen) atoms. The third-order valence-electron chi connectivity index (χ3n) is 4.84. The summed E-state index contributed by atoms with van der Waals surface area (Å²) >= 11 is 2.13. The zero-order valence-corrected chi connectivity index (χ0v) is 18.8. The topological polar surface area (TPSA) is 52.6 Å². The van der Waals surface area contributed by atoms with Crippen molar-refractivity contribution in [2.75, 3.05) is 6.61 Å². The second kappa shape index (κ2) is 9.01. The van der Waals surface area contributed by atoms with Gasteiger partial charge in [-0.3, -0.25) is 9.59 Å². The van der Waals surface area contributed by atoms with Crippen molar-refractivity contribution < 1.29 is 23.5 Å². The first-order valence-corrected chi connectivity index (χ1v) is 10.8. The van der Waals surface area contributed by atoms with Crippen molar-refractivity contribution in [2.24, 2.45) is 0 Å². The van der Waals surface area contributed by atoms with Crippen molar-refractivity contribution in [2.45, 2.75) is 13.5 Å². The number of hydrogen-bond donors (Lipinski definition) is 0. The van der Waals surface area contributed by atoms with Gasteiger partial charge in [0.2, 0.25) is 0 Å². The maximum Gasteiger partial charge on any atom is 0.197 e. The lowest BCUT2D eigenvalue weighted by molar-refractivity contribution is 0.0990. The van der Waals surface area contributed by atoms with E-state index < -0.39 is 0 Å². The van der Waals surface area contributed by atoms with E-state index in [0.717, 1.165) is 9.13 Å². The quantitative estimate of drug-likeness (QED) is 0.228. The number of carbonyl (C=O) groups is 2. The van der Waals surface area contributed by atoms with Crippen molar-refractivity contribution in [1.82, 2.24) is 0 Å². The summed E-state index contributed by atoms with van der Waals surface area (Å²) in [7, 11) is 0. The molecular weight excluding hydrogens is 510 g/mol. The van der Waals surface area contributed by atoms with Crippen LogP contribution >= 0.6 is 22.6 Å². The minimum atomic E-state index is -0.302. The summed E-state index contributed by atoms with van der Waals surface area (Å²) < 4.78 is 25.6. The molecule has 4 nitrogen and oxygen atoms in total. The second-order valence-electron chi connectivity index (χ2n) is 6.94. The highest BCUT2D eigenvalue weighted by Crippen LogP contribution is 2.36. The second-order valence-corrected chi connectivity index (χ2v) is 8.10. The molecule has 0 heterocycles. The number of hydrogen-bond acceptors (Lipinski definition) is 4. The van der Waals surface area contributed by atoms with E-state index in [9.17, 15) is 14.0 Å². The van der Waals surface area contributed by atoms with E-state index in [1.807, 2.05) is 13.0 Å². The average Bonchev–Trinajstić information content (AvgIpc) is 3.00. The number of allylic oxidation sites excluding steroid dienone is 1. The van der Waals surface area contributed by atoms with E-state index in [1.54, 1.807) is 48.5 Å². The molecule has 0 atom stereocenters. The first kappa shape index (κ1) is 21.2. The smallest absolute Gasteiger partial charge is 0.197 e. The van der Waals surface area contributed by atoms with Gasteiger partial charge >= 0.3 is 0 Å². The zero-order chi connectivity index (χ0) is 22.0. The molecule has 0 spiro atoms. The summed E-state index contributed by atoms with van der Waals surface area (Å²) in [6.45, 7) is 2.54. The summed E-state index contributed by atoms with van der Waals surface area (Å²) in [6.07, 6.45) is 1.60. The molecular formula is C25H18FIO4. The minimum Gasteiger partial charge on any atom is -0.490 e. The number of halogens is 2. The molecule has 0 unspecified atom stereocenters. The van der Waals surface area contributed by atoms with Gasteiger partial charge in [0.05, 0.1) is 15.8 Å². The Hall–Kier alpha value is -3.00. The van der Waals surface area contributed by atoms with Crippen LogP contribution in [0, 0.1) is 9.39 Å². The molecule has 6 heteroatoms. The standard InChI is InChI=1S/C25H18FIO4/c1-2-30-22-13-16(11-20-23(28)18-5-3-4-6-19(18)24(20)29)12-21(27)25(22)31-14-15-7-9-17(26)10-8-15/h3-13H,2,14H2,1H3. The van der Waals surface area contributed by atoms with Crippen molar-refractivity contribution in [3.63, 3.8) is 0 Å². The Kier molecular flexibility index (Phi) is 6.18. The summed E-state index contributed by atoms with van der Waals surface area (Å²) in [5, 5.41) is 0. The lowest BCUT2D eigenvalue weighted by Crippen LogP contribution is -2.03. The highest BCUT2D eigenvalue weighted by molar-refractivity contribution is 14.1. The van der Waals surface area contributed by atoms with E-state index in [4.69, 9.17) is 9.47 Å². The van der Waals surface area contributed by atoms with Crippen LogP contribution in [0.1, 0.15) is 38.8 Å². The number of ether oxygens (including phenoxy) is 2. The Morgan fingerprint density at radius 2 is 1.58 bits per heavy atom. The number of benzene rings is 3. The predicted molar refractivity (Wildman–Crippen MR) is 124 cm³/mol. The van der Waals surface area contributed by atoms with Gasteiger partial charge in [-0.1, -0.05) is 36.4 Å². The number of fused-ring (bicyclic) bond motifs is 1. The van der Waals surface area contributed by atoms with Crippen molar-refractivity contribution >= 4 is 40.2 Å². The molecule has 0 amide bonds. The van der Waals surface area contributed by atoms with Gasteiger partial charge in [-0.05, 0) is 71.0 Å². The summed E-state index contributed by atoms with van der Waals surface area (Å²) in [6, 6.07) is 16.5. The predicted octanol–water partition coefficient (Wildman–Crippen LogP) is 5.87. The third-order valence-corrected chi connectivity index (χ3v) is 5.65. The monoisotopic (exact) mass is 528 g/mol. The molecule has 0 saturated carbocycles. The van der Waals surface area contributed by atoms with Crippen molar-refractivity contribution in [3.05, 3.63) is 97.9 Å². The molecule has 3 aromatic carbocycles. The Bertz CT molecular complexity index is 1160. The van der Waals surface area contributed by atoms with Gasteiger partial charge in [-0.2, -0.15) is 0 Å². The summed E-state index contributed by atoms with van der Waals surface area (Å²) in [5.41, 5.74) is 2.49. The molecule has 156 valence electrons. The summed E-state index contributed by atoms with van der Waals surface area (Å²) in [5.74, 6) is 0.222. The Morgan fingerprint density at radius 3 is 2.19 bits per heavy atom. The Labute approximate surface area is 192 Å². The minimum absolute atomic E-state index is 0.138. The lowest BCUT2D eigenvalue weighted by Gasteiger charge is -2.15. The van der Waals surface area contributed by atoms with Crippen LogP contribution in [-0.4, -0.2) is 18.2 Å². The van der Waals surface area contributed by atoms with Crippen molar-refractivity contribution in [3.8, 4) is 11.5 Å². The van der Waals surface area contributed by atoms with Crippen LogP contribution in [0.25, 0.3) is 6.08 Å². The van der Waals surface area contributed by atoms with Gasteiger partial charge in [0.1, 0.15) is 12.4 Å². The van der Waals surface area contributed by atoms with Gasteiger partial charge in [-0.25, -0.2) is 4.39 Å². The van der Waals surface area contributed by atoms with Gasteiger partial charge in [0.25, 0.3) is 0 Å².